The maximum absolute atomic E-state index is 12.5. The Morgan fingerprint density at radius 1 is 1.29 bits per heavy atom. The minimum Gasteiger partial charge on any atom is -0.482 e. The van der Waals surface area contributed by atoms with Crippen molar-refractivity contribution in [2.75, 3.05) is 6.61 Å². The number of aromatic nitrogens is 2. The highest BCUT2D eigenvalue weighted by atomic mass is 19.4. The van der Waals surface area contributed by atoms with E-state index in [9.17, 15) is 13.2 Å². The minimum absolute atomic E-state index is 0.125. The van der Waals surface area contributed by atoms with Gasteiger partial charge in [-0.05, 0) is 49.9 Å². The Kier molecular flexibility index (Phi) is 5.02. The maximum atomic E-state index is 12.5. The van der Waals surface area contributed by atoms with Gasteiger partial charge in [0.1, 0.15) is 5.75 Å². The third-order valence-electron chi connectivity index (χ3n) is 5.16. The van der Waals surface area contributed by atoms with E-state index >= 15 is 0 Å². The highest BCUT2D eigenvalue weighted by Crippen LogP contribution is 2.35. The molecule has 0 aliphatic heterocycles. The summed E-state index contributed by atoms with van der Waals surface area (Å²) >= 11 is 0. The minimum atomic E-state index is -4.37. The number of ether oxygens (including phenoxy) is 1. The normalized spacial score (nSPS) is 16.9. The van der Waals surface area contributed by atoms with E-state index in [4.69, 9.17) is 4.74 Å². The number of fused-ring (bicyclic) bond motifs is 3. The van der Waals surface area contributed by atoms with Crippen LogP contribution in [-0.2, 0) is 13.0 Å². The molecule has 0 saturated heterocycles. The number of alkyl halides is 3. The first kappa shape index (κ1) is 18.8. The Bertz CT molecular complexity index is 981. The Morgan fingerprint density at radius 2 is 2.14 bits per heavy atom. The number of aromatic amines is 1. The number of rotatable bonds is 5. The number of H-pyrrole nitrogens is 1. The predicted octanol–water partition coefficient (Wildman–Crippen LogP) is 4.98. The molecule has 1 aromatic carbocycles. The zero-order valence-corrected chi connectivity index (χ0v) is 15.6. The zero-order chi connectivity index (χ0) is 19.7. The molecule has 0 radical (unpaired) electrons. The largest absolute Gasteiger partial charge is 0.482 e. The summed E-state index contributed by atoms with van der Waals surface area (Å²) in [5, 5.41) is 4.75. The molecule has 2 aromatic heterocycles. The van der Waals surface area contributed by atoms with Crippen LogP contribution in [0, 0.1) is 6.92 Å². The predicted molar refractivity (Wildman–Crippen MR) is 101 cm³/mol. The monoisotopic (exact) mass is 389 g/mol. The summed E-state index contributed by atoms with van der Waals surface area (Å²) in [5.74, 6) is 0.163. The van der Waals surface area contributed by atoms with Gasteiger partial charge in [0.2, 0.25) is 0 Å². The average molecular weight is 389 g/mol. The summed E-state index contributed by atoms with van der Waals surface area (Å²) in [4.78, 5) is 7.42. The van der Waals surface area contributed by atoms with Gasteiger partial charge < -0.3 is 15.0 Å². The molecule has 1 aliphatic carbocycles. The van der Waals surface area contributed by atoms with Crippen LogP contribution >= 0.6 is 0 Å². The van der Waals surface area contributed by atoms with Gasteiger partial charge >= 0.3 is 6.18 Å². The van der Waals surface area contributed by atoms with E-state index in [1.54, 1.807) is 12.3 Å². The van der Waals surface area contributed by atoms with Gasteiger partial charge in [-0.15, -0.1) is 0 Å². The van der Waals surface area contributed by atoms with Crippen LogP contribution in [-0.4, -0.2) is 22.8 Å². The summed E-state index contributed by atoms with van der Waals surface area (Å²) in [7, 11) is 0. The van der Waals surface area contributed by atoms with Gasteiger partial charge in [-0.1, -0.05) is 11.6 Å². The Hall–Kier alpha value is -2.54. The first-order valence-corrected chi connectivity index (χ1v) is 9.37. The van der Waals surface area contributed by atoms with E-state index < -0.39 is 12.8 Å². The molecule has 4 rings (SSSR count). The van der Waals surface area contributed by atoms with E-state index in [0.717, 1.165) is 24.8 Å². The van der Waals surface area contributed by atoms with Gasteiger partial charge in [0, 0.05) is 40.9 Å². The molecule has 2 heterocycles. The average Bonchev–Trinajstić information content (AvgIpc) is 3.03. The topological polar surface area (TPSA) is 49.9 Å². The molecule has 2 N–H and O–H groups in total. The molecular formula is C21H22F3N3O. The lowest BCUT2D eigenvalue weighted by atomic mass is 9.91. The van der Waals surface area contributed by atoms with Crippen LogP contribution in [0.25, 0.3) is 10.9 Å². The fraction of sp³-hybridized carbons (Fsp3) is 0.381. The zero-order valence-electron chi connectivity index (χ0n) is 15.6. The van der Waals surface area contributed by atoms with E-state index in [-0.39, 0.29) is 11.8 Å². The molecule has 3 aromatic rings. The Balaban J connectivity index is 1.52. The molecule has 7 heteroatoms. The number of benzene rings is 1. The van der Waals surface area contributed by atoms with Gasteiger partial charge in [0.05, 0.1) is 6.20 Å². The molecule has 28 heavy (non-hydrogen) atoms. The quantitative estimate of drug-likeness (QED) is 0.647. The molecule has 0 saturated carbocycles. The number of pyridine rings is 1. The highest BCUT2D eigenvalue weighted by Gasteiger charge is 2.29. The van der Waals surface area contributed by atoms with Crippen molar-refractivity contribution in [3.8, 4) is 5.75 Å². The van der Waals surface area contributed by atoms with Gasteiger partial charge in [-0.25, -0.2) is 0 Å². The van der Waals surface area contributed by atoms with Crippen LogP contribution in [0.1, 0.15) is 41.3 Å². The number of hydrogen-bond acceptors (Lipinski definition) is 3. The van der Waals surface area contributed by atoms with E-state index in [2.05, 4.69) is 40.4 Å². The number of hydrogen-bond donors (Lipinski definition) is 2. The van der Waals surface area contributed by atoms with Crippen molar-refractivity contribution in [2.24, 2.45) is 0 Å². The summed E-state index contributed by atoms with van der Waals surface area (Å²) in [6.45, 7) is 1.18. The number of nitrogens with one attached hydrogen (secondary N) is 2. The molecule has 0 bridgehead atoms. The first-order chi connectivity index (χ1) is 13.4. The maximum Gasteiger partial charge on any atom is 0.422 e. The van der Waals surface area contributed by atoms with Crippen LogP contribution < -0.4 is 10.1 Å². The SMILES string of the molecule is Cc1ccc2[nH]c3c(c2c1)CCCC3NCc1ccncc1OCC(F)(F)F. The van der Waals surface area contributed by atoms with Crippen LogP contribution in [0.2, 0.25) is 0 Å². The van der Waals surface area contributed by atoms with E-state index in [1.807, 2.05) is 0 Å². The fourth-order valence-corrected chi connectivity index (χ4v) is 3.86. The number of aryl methyl sites for hydroxylation is 2. The summed E-state index contributed by atoms with van der Waals surface area (Å²) < 4.78 is 42.4. The van der Waals surface area contributed by atoms with Crippen LogP contribution in [0.5, 0.6) is 5.75 Å². The van der Waals surface area contributed by atoms with Gasteiger partial charge in [0.15, 0.2) is 6.61 Å². The van der Waals surface area contributed by atoms with Crippen molar-refractivity contribution in [3.63, 3.8) is 0 Å². The van der Waals surface area contributed by atoms with Crippen molar-refractivity contribution in [1.82, 2.24) is 15.3 Å². The molecule has 4 nitrogen and oxygen atoms in total. The van der Waals surface area contributed by atoms with Crippen LogP contribution in [0.4, 0.5) is 13.2 Å². The summed E-state index contributed by atoms with van der Waals surface area (Å²) in [5.41, 5.74) is 5.54. The van der Waals surface area contributed by atoms with Gasteiger partial charge in [-0.2, -0.15) is 13.2 Å². The lowest BCUT2D eigenvalue weighted by Gasteiger charge is -2.24. The molecule has 0 spiro atoms. The highest BCUT2D eigenvalue weighted by molar-refractivity contribution is 5.85. The molecule has 0 amide bonds. The van der Waals surface area contributed by atoms with Crippen molar-refractivity contribution in [2.45, 2.75) is 44.9 Å². The molecule has 1 aliphatic rings. The molecular weight excluding hydrogens is 367 g/mol. The molecule has 148 valence electrons. The third-order valence-corrected chi connectivity index (χ3v) is 5.16. The third kappa shape index (κ3) is 3.99. The lowest BCUT2D eigenvalue weighted by Crippen LogP contribution is -2.25. The molecule has 0 fully saturated rings. The molecule has 1 unspecified atom stereocenters. The molecule has 1 atom stereocenters. The second-order valence-corrected chi connectivity index (χ2v) is 7.28. The number of nitrogens with zero attached hydrogens (tertiary/aromatic N) is 1. The smallest absolute Gasteiger partial charge is 0.422 e. The second-order valence-electron chi connectivity index (χ2n) is 7.28. The lowest BCUT2D eigenvalue weighted by molar-refractivity contribution is -0.153. The van der Waals surface area contributed by atoms with E-state index in [0.29, 0.717) is 12.1 Å². The van der Waals surface area contributed by atoms with Gasteiger partial charge in [0.25, 0.3) is 0 Å². The van der Waals surface area contributed by atoms with Crippen molar-refractivity contribution in [1.29, 1.82) is 0 Å². The summed E-state index contributed by atoms with van der Waals surface area (Å²) in [6, 6.07) is 8.22. The van der Waals surface area contributed by atoms with Crippen LogP contribution in [0.15, 0.2) is 36.7 Å². The first-order valence-electron chi connectivity index (χ1n) is 9.37. The van der Waals surface area contributed by atoms with E-state index in [1.165, 1.54) is 28.4 Å². The van der Waals surface area contributed by atoms with Crippen LogP contribution in [0.3, 0.4) is 0 Å². The number of halogens is 3. The van der Waals surface area contributed by atoms with Crippen molar-refractivity contribution >= 4 is 10.9 Å². The second kappa shape index (κ2) is 7.47. The van der Waals surface area contributed by atoms with Gasteiger partial charge in [-0.3, -0.25) is 4.98 Å². The summed E-state index contributed by atoms with van der Waals surface area (Å²) in [6.07, 6.45) is 1.60. The van der Waals surface area contributed by atoms with Crippen molar-refractivity contribution < 1.29 is 17.9 Å². The standard InChI is InChI=1S/C21H22F3N3O/c1-13-5-6-17-16(9-13)15-3-2-4-18(20(15)27-17)26-10-14-7-8-25-11-19(14)28-12-21(22,23)24/h5-9,11,18,26-27H,2-4,10,12H2,1H3. The Morgan fingerprint density at radius 3 is 2.96 bits per heavy atom. The fourth-order valence-electron chi connectivity index (χ4n) is 3.86. The van der Waals surface area contributed by atoms with Crippen molar-refractivity contribution in [3.05, 3.63) is 59.0 Å². The Labute approximate surface area is 161 Å².